The highest BCUT2D eigenvalue weighted by Gasteiger charge is 2.28. The number of aromatic nitrogens is 2. The highest BCUT2D eigenvalue weighted by Crippen LogP contribution is 2.37. The lowest BCUT2D eigenvalue weighted by Gasteiger charge is -2.37. The number of anilines is 1. The summed E-state index contributed by atoms with van der Waals surface area (Å²) in [5.74, 6) is 4.80. The lowest BCUT2D eigenvalue weighted by Crippen LogP contribution is -2.47. The van der Waals surface area contributed by atoms with Gasteiger partial charge in [0.15, 0.2) is 0 Å². The Kier molecular flexibility index (Phi) is 6.48. The fourth-order valence-corrected chi connectivity index (χ4v) is 5.05. The molecule has 1 saturated heterocycles. The Hall–Kier alpha value is -1.16. The van der Waals surface area contributed by atoms with E-state index in [1.807, 2.05) is 0 Å². The Bertz CT molecular complexity index is 660. The molecule has 2 aliphatic carbocycles. The fourth-order valence-electron chi connectivity index (χ4n) is 5.05. The van der Waals surface area contributed by atoms with Crippen LogP contribution >= 0.6 is 0 Å². The van der Waals surface area contributed by atoms with E-state index in [0.717, 1.165) is 30.7 Å². The molecule has 0 spiro atoms. The molecule has 4 heteroatoms. The Morgan fingerprint density at radius 1 is 0.931 bits per heavy atom. The molecular formula is C25H42N4. The second-order valence-electron chi connectivity index (χ2n) is 11.1. The maximum absolute atomic E-state index is 5.02. The summed E-state index contributed by atoms with van der Waals surface area (Å²) >= 11 is 0. The van der Waals surface area contributed by atoms with Crippen molar-refractivity contribution in [2.75, 3.05) is 37.6 Å². The van der Waals surface area contributed by atoms with Crippen LogP contribution < -0.4 is 4.90 Å². The van der Waals surface area contributed by atoms with Gasteiger partial charge in [-0.1, -0.05) is 59.8 Å². The van der Waals surface area contributed by atoms with Crippen molar-refractivity contribution >= 4 is 5.82 Å². The van der Waals surface area contributed by atoms with Crippen LogP contribution in [0.5, 0.6) is 0 Å². The molecule has 1 aromatic rings. The summed E-state index contributed by atoms with van der Waals surface area (Å²) in [7, 11) is 0. The van der Waals surface area contributed by atoms with E-state index >= 15 is 0 Å². The van der Waals surface area contributed by atoms with Gasteiger partial charge >= 0.3 is 0 Å². The molecule has 4 rings (SSSR count). The number of nitrogens with zero attached hydrogens (tertiary/aromatic N) is 4. The lowest BCUT2D eigenvalue weighted by atomic mass is 9.81. The largest absolute Gasteiger partial charge is 0.354 e. The Morgan fingerprint density at radius 2 is 1.62 bits per heavy atom. The average Bonchev–Trinajstić information content (AvgIpc) is 2.66. The molecule has 4 nitrogen and oxygen atoms in total. The Morgan fingerprint density at radius 3 is 2.21 bits per heavy atom. The topological polar surface area (TPSA) is 32.3 Å². The summed E-state index contributed by atoms with van der Waals surface area (Å²) in [6, 6.07) is 2.30. The second kappa shape index (κ2) is 8.91. The van der Waals surface area contributed by atoms with Crippen LogP contribution in [0.25, 0.3) is 0 Å². The van der Waals surface area contributed by atoms with Gasteiger partial charge in [-0.2, -0.15) is 0 Å². The predicted molar refractivity (Wildman–Crippen MR) is 122 cm³/mol. The standard InChI is InChI=1S/C25H42N4/c1-19-8-10-20(11-9-19)12-13-28-14-16-29(17-15-28)23-18-22(21-6-5-7-21)26-24(27-23)25(2,3)4/h18-21H,5-17H2,1-4H3/t19-,20-. The van der Waals surface area contributed by atoms with Crippen LogP contribution in [0.2, 0.25) is 0 Å². The average molecular weight is 399 g/mol. The summed E-state index contributed by atoms with van der Waals surface area (Å²) in [6.45, 7) is 15.0. The monoisotopic (exact) mass is 398 g/mol. The molecule has 1 aromatic heterocycles. The Labute approximate surface area is 178 Å². The van der Waals surface area contributed by atoms with E-state index in [-0.39, 0.29) is 5.41 Å². The molecule has 3 fully saturated rings. The lowest BCUT2D eigenvalue weighted by molar-refractivity contribution is 0.208. The van der Waals surface area contributed by atoms with Gasteiger partial charge in [0, 0.05) is 49.3 Å². The number of hydrogen-bond donors (Lipinski definition) is 0. The third kappa shape index (κ3) is 5.31. The van der Waals surface area contributed by atoms with E-state index in [9.17, 15) is 0 Å². The van der Waals surface area contributed by atoms with Crippen molar-refractivity contribution in [3.05, 3.63) is 17.6 Å². The molecule has 0 bridgehead atoms. The van der Waals surface area contributed by atoms with E-state index < -0.39 is 0 Å². The van der Waals surface area contributed by atoms with Crippen molar-refractivity contribution in [3.8, 4) is 0 Å². The molecule has 0 atom stereocenters. The zero-order valence-electron chi connectivity index (χ0n) is 19.3. The molecule has 0 unspecified atom stereocenters. The summed E-state index contributed by atoms with van der Waals surface area (Å²) < 4.78 is 0. The van der Waals surface area contributed by atoms with Crippen molar-refractivity contribution < 1.29 is 0 Å². The molecule has 1 aliphatic heterocycles. The molecule has 0 amide bonds. The first-order valence-corrected chi connectivity index (χ1v) is 12.3. The van der Waals surface area contributed by atoms with Gasteiger partial charge in [0.25, 0.3) is 0 Å². The number of rotatable bonds is 5. The molecule has 162 valence electrons. The molecule has 2 saturated carbocycles. The van der Waals surface area contributed by atoms with Gasteiger partial charge < -0.3 is 4.90 Å². The minimum atomic E-state index is 0.00776. The molecule has 2 heterocycles. The molecule has 0 radical (unpaired) electrons. The predicted octanol–water partition coefficient (Wildman–Crippen LogP) is 5.38. The third-order valence-corrected chi connectivity index (χ3v) is 7.61. The van der Waals surface area contributed by atoms with Crippen LogP contribution in [-0.2, 0) is 5.41 Å². The molecule has 0 aromatic carbocycles. The van der Waals surface area contributed by atoms with E-state index in [1.165, 1.54) is 82.5 Å². The molecule has 0 N–H and O–H groups in total. The van der Waals surface area contributed by atoms with Crippen LogP contribution in [0, 0.1) is 11.8 Å². The van der Waals surface area contributed by atoms with Gasteiger partial charge in [0.05, 0.1) is 0 Å². The van der Waals surface area contributed by atoms with E-state index in [4.69, 9.17) is 9.97 Å². The Balaban J connectivity index is 1.34. The minimum absolute atomic E-state index is 0.00776. The highest BCUT2D eigenvalue weighted by molar-refractivity contribution is 5.42. The SMILES string of the molecule is CC(C)(C)c1nc(C2CCC2)cc(N2CCN(CC[C@H]3CC[C@H](C)CC3)CC2)n1. The maximum Gasteiger partial charge on any atom is 0.136 e. The fraction of sp³-hybridized carbons (Fsp3) is 0.840. The first-order chi connectivity index (χ1) is 13.9. The summed E-state index contributed by atoms with van der Waals surface area (Å²) in [4.78, 5) is 15.2. The normalized spacial score (nSPS) is 27.1. The van der Waals surface area contributed by atoms with E-state index in [1.54, 1.807) is 0 Å². The van der Waals surface area contributed by atoms with Crippen molar-refractivity contribution in [2.24, 2.45) is 11.8 Å². The first kappa shape index (κ1) is 21.1. The van der Waals surface area contributed by atoms with Crippen molar-refractivity contribution in [1.29, 1.82) is 0 Å². The van der Waals surface area contributed by atoms with Gasteiger partial charge in [-0.25, -0.2) is 9.97 Å². The molecular weight excluding hydrogens is 356 g/mol. The first-order valence-electron chi connectivity index (χ1n) is 12.3. The van der Waals surface area contributed by atoms with Crippen molar-refractivity contribution in [3.63, 3.8) is 0 Å². The van der Waals surface area contributed by atoms with Gasteiger partial charge in [-0.05, 0) is 37.6 Å². The summed E-state index contributed by atoms with van der Waals surface area (Å²) in [5, 5.41) is 0. The minimum Gasteiger partial charge on any atom is -0.354 e. The van der Waals surface area contributed by atoms with Crippen LogP contribution in [0.15, 0.2) is 6.07 Å². The smallest absolute Gasteiger partial charge is 0.136 e. The van der Waals surface area contributed by atoms with Crippen LogP contribution in [0.4, 0.5) is 5.82 Å². The van der Waals surface area contributed by atoms with Crippen LogP contribution in [0.1, 0.15) is 96.5 Å². The van der Waals surface area contributed by atoms with Gasteiger partial charge in [-0.15, -0.1) is 0 Å². The van der Waals surface area contributed by atoms with Crippen molar-refractivity contribution in [1.82, 2.24) is 14.9 Å². The van der Waals surface area contributed by atoms with Crippen LogP contribution in [-0.4, -0.2) is 47.6 Å². The van der Waals surface area contributed by atoms with Gasteiger partial charge in [0.1, 0.15) is 11.6 Å². The highest BCUT2D eigenvalue weighted by atomic mass is 15.3. The summed E-state index contributed by atoms with van der Waals surface area (Å²) in [5.41, 5.74) is 1.30. The third-order valence-electron chi connectivity index (χ3n) is 7.61. The number of piperazine rings is 1. The van der Waals surface area contributed by atoms with Crippen LogP contribution in [0.3, 0.4) is 0 Å². The molecule has 29 heavy (non-hydrogen) atoms. The second-order valence-corrected chi connectivity index (χ2v) is 11.1. The summed E-state index contributed by atoms with van der Waals surface area (Å²) in [6.07, 6.45) is 11.2. The zero-order chi connectivity index (χ0) is 20.4. The quantitative estimate of drug-likeness (QED) is 0.666. The molecule has 3 aliphatic rings. The van der Waals surface area contributed by atoms with E-state index in [2.05, 4.69) is 43.6 Å². The van der Waals surface area contributed by atoms with Gasteiger partial charge in [-0.3, -0.25) is 4.90 Å². The van der Waals surface area contributed by atoms with Crippen molar-refractivity contribution in [2.45, 2.75) is 90.4 Å². The number of hydrogen-bond acceptors (Lipinski definition) is 4. The maximum atomic E-state index is 5.02. The van der Waals surface area contributed by atoms with E-state index in [0.29, 0.717) is 5.92 Å². The van der Waals surface area contributed by atoms with Gasteiger partial charge in [0.2, 0.25) is 0 Å². The zero-order valence-corrected chi connectivity index (χ0v) is 19.3.